The predicted octanol–water partition coefficient (Wildman–Crippen LogP) is 2.57. The smallest absolute Gasteiger partial charge is 0.00805 e. The standard InChI is InChI=1S/C2H6P2S2/c1-2-5-6-4-3-1/h3-4H,1-2H2. The third kappa shape index (κ3) is 2.02. The topological polar surface area (TPSA) is 0 Å². The Hall–Kier alpha value is 1.56. The van der Waals surface area contributed by atoms with E-state index >= 15 is 0 Å². The summed E-state index contributed by atoms with van der Waals surface area (Å²) in [5.41, 5.74) is 0. The van der Waals surface area contributed by atoms with Crippen molar-refractivity contribution in [3.63, 3.8) is 0 Å². The number of rotatable bonds is 0. The van der Waals surface area contributed by atoms with Crippen molar-refractivity contribution in [2.75, 3.05) is 11.9 Å². The lowest BCUT2D eigenvalue weighted by Crippen LogP contribution is -1.75. The summed E-state index contributed by atoms with van der Waals surface area (Å²) in [6.07, 6.45) is 1.48. The molecule has 0 nitrogen and oxygen atoms in total. The van der Waals surface area contributed by atoms with Crippen LogP contribution in [-0.4, -0.2) is 11.9 Å². The van der Waals surface area contributed by atoms with E-state index in [1.54, 1.807) is 0 Å². The molecule has 1 aliphatic heterocycles. The summed E-state index contributed by atoms with van der Waals surface area (Å²) in [4.78, 5) is 0. The van der Waals surface area contributed by atoms with Crippen molar-refractivity contribution < 1.29 is 0 Å². The maximum atomic E-state index is 2.05. The molecule has 0 spiro atoms. The van der Waals surface area contributed by atoms with Gasteiger partial charge in [0, 0.05) is 5.75 Å². The van der Waals surface area contributed by atoms with Crippen molar-refractivity contribution in [3.05, 3.63) is 0 Å². The van der Waals surface area contributed by atoms with Crippen LogP contribution in [0.15, 0.2) is 0 Å². The lowest BCUT2D eigenvalue weighted by molar-refractivity contribution is 1.57. The average Bonchev–Trinajstić information content (AvgIpc) is 1.72. The molecule has 0 aromatic heterocycles. The van der Waals surface area contributed by atoms with Crippen LogP contribution in [0.2, 0.25) is 0 Å². The van der Waals surface area contributed by atoms with Crippen molar-refractivity contribution in [3.8, 4) is 0 Å². The highest BCUT2D eigenvalue weighted by atomic mass is 33.4. The van der Waals surface area contributed by atoms with E-state index in [9.17, 15) is 0 Å². The maximum absolute atomic E-state index is 2.05. The van der Waals surface area contributed by atoms with E-state index in [-0.39, 0.29) is 0 Å². The van der Waals surface area contributed by atoms with Gasteiger partial charge in [-0.1, -0.05) is 29.5 Å². The highest BCUT2D eigenvalue weighted by Crippen LogP contribution is 2.57. The summed E-state index contributed by atoms with van der Waals surface area (Å²) >= 11 is 0. The third-order valence-corrected chi connectivity index (χ3v) is 9.71. The van der Waals surface area contributed by atoms with Gasteiger partial charge in [-0.25, -0.2) is 0 Å². The molecular weight excluding hydrogens is 150 g/mol. The van der Waals surface area contributed by atoms with E-state index < -0.39 is 0 Å². The SMILES string of the molecule is C1CSSPP1. The van der Waals surface area contributed by atoms with Gasteiger partial charge in [-0.3, -0.25) is 0 Å². The predicted molar refractivity (Wildman–Crippen MR) is 41.5 cm³/mol. The number of hydrogen-bond acceptors (Lipinski definition) is 2. The summed E-state index contributed by atoms with van der Waals surface area (Å²) < 4.78 is 0. The molecule has 1 rings (SSSR count). The molecule has 2 atom stereocenters. The highest BCUT2D eigenvalue weighted by molar-refractivity contribution is 9.02. The molecule has 0 aliphatic carbocycles. The summed E-state index contributed by atoms with van der Waals surface area (Å²) in [5.74, 6) is 1.40. The minimum absolute atomic E-state index is 1.21. The van der Waals surface area contributed by atoms with Crippen LogP contribution in [0.5, 0.6) is 0 Å². The summed E-state index contributed by atoms with van der Waals surface area (Å²) in [6.45, 7) is 0. The Morgan fingerprint density at radius 1 is 1.50 bits per heavy atom. The molecule has 0 saturated carbocycles. The molecular formula is C2H6P2S2. The minimum atomic E-state index is 1.21. The van der Waals surface area contributed by atoms with Gasteiger partial charge in [0.25, 0.3) is 0 Å². The van der Waals surface area contributed by atoms with E-state index in [2.05, 4.69) is 10.4 Å². The Morgan fingerprint density at radius 3 is 2.67 bits per heavy atom. The van der Waals surface area contributed by atoms with Gasteiger partial charge in [0.15, 0.2) is 0 Å². The largest absolute Gasteiger partial charge is 0.0892 e. The molecule has 0 radical (unpaired) electrons. The Labute approximate surface area is 49.2 Å². The van der Waals surface area contributed by atoms with Crippen molar-refractivity contribution in [1.29, 1.82) is 0 Å². The molecule has 1 saturated heterocycles. The lowest BCUT2D eigenvalue weighted by Gasteiger charge is -2.05. The molecule has 4 heteroatoms. The molecule has 2 unspecified atom stereocenters. The van der Waals surface area contributed by atoms with Crippen molar-refractivity contribution in [1.82, 2.24) is 0 Å². The van der Waals surface area contributed by atoms with Crippen LogP contribution in [0.25, 0.3) is 0 Å². The molecule has 0 amide bonds. The fourth-order valence-corrected chi connectivity index (χ4v) is 9.78. The fourth-order valence-electron chi connectivity index (χ4n) is 0.244. The molecule has 6 heavy (non-hydrogen) atoms. The molecule has 1 heterocycles. The first-order valence-electron chi connectivity index (χ1n) is 1.76. The summed E-state index contributed by atoms with van der Waals surface area (Å²) in [7, 11) is 6.56. The first-order chi connectivity index (χ1) is 3.00. The Bertz CT molecular complexity index is 25.0. The van der Waals surface area contributed by atoms with Gasteiger partial charge in [-0.05, 0) is 13.6 Å². The van der Waals surface area contributed by atoms with E-state index in [0.29, 0.717) is 0 Å². The monoisotopic (exact) mass is 156 g/mol. The molecule has 1 aliphatic rings. The van der Waals surface area contributed by atoms with Crippen molar-refractivity contribution in [2.24, 2.45) is 0 Å². The van der Waals surface area contributed by atoms with Gasteiger partial charge in [0.05, 0.1) is 0 Å². The third-order valence-electron chi connectivity index (χ3n) is 0.483. The van der Waals surface area contributed by atoms with E-state index in [1.165, 1.54) is 27.7 Å². The van der Waals surface area contributed by atoms with E-state index in [0.717, 1.165) is 0 Å². The van der Waals surface area contributed by atoms with Crippen LogP contribution >= 0.6 is 36.9 Å². The van der Waals surface area contributed by atoms with Crippen molar-refractivity contribution >= 4 is 36.9 Å². The molecule has 0 aromatic carbocycles. The van der Waals surface area contributed by atoms with Crippen LogP contribution in [0.4, 0.5) is 0 Å². The van der Waals surface area contributed by atoms with Crippen LogP contribution < -0.4 is 0 Å². The lowest BCUT2D eigenvalue weighted by atomic mass is 11.0. The fraction of sp³-hybridized carbons (Fsp3) is 1.00. The first-order valence-corrected chi connectivity index (χ1v) is 8.01. The molecule has 36 valence electrons. The average molecular weight is 156 g/mol. The van der Waals surface area contributed by atoms with Crippen LogP contribution in [0.3, 0.4) is 0 Å². The molecule has 0 N–H and O–H groups in total. The number of hydrogen-bond donors (Lipinski definition) is 0. The van der Waals surface area contributed by atoms with Crippen LogP contribution in [0, 0.1) is 0 Å². The Balaban J connectivity index is 2.00. The van der Waals surface area contributed by atoms with Gasteiger partial charge < -0.3 is 0 Å². The Morgan fingerprint density at radius 2 is 2.50 bits per heavy atom. The van der Waals surface area contributed by atoms with Gasteiger partial charge in [0.1, 0.15) is 0 Å². The van der Waals surface area contributed by atoms with Gasteiger partial charge in [-0.2, -0.15) is 0 Å². The zero-order chi connectivity index (χ0) is 4.24. The first kappa shape index (κ1) is 5.69. The van der Waals surface area contributed by atoms with E-state index in [1.807, 2.05) is 10.8 Å². The van der Waals surface area contributed by atoms with Crippen molar-refractivity contribution in [2.45, 2.75) is 0 Å². The zero-order valence-electron chi connectivity index (χ0n) is 3.23. The quantitative estimate of drug-likeness (QED) is 0.390. The Kier molecular flexibility index (Phi) is 3.37. The maximum Gasteiger partial charge on any atom is 0.00805 e. The second-order valence-electron chi connectivity index (χ2n) is 0.934. The second kappa shape index (κ2) is 3.55. The van der Waals surface area contributed by atoms with Crippen LogP contribution in [0.1, 0.15) is 0 Å². The van der Waals surface area contributed by atoms with Gasteiger partial charge in [0.2, 0.25) is 0 Å². The van der Waals surface area contributed by atoms with Gasteiger partial charge >= 0.3 is 0 Å². The normalized spacial score (nSPS) is 32.0. The van der Waals surface area contributed by atoms with E-state index in [4.69, 9.17) is 0 Å². The van der Waals surface area contributed by atoms with Crippen LogP contribution in [-0.2, 0) is 0 Å². The molecule has 1 fully saturated rings. The molecule has 0 bridgehead atoms. The summed E-state index contributed by atoms with van der Waals surface area (Å²) in [6, 6.07) is 0. The zero-order valence-corrected chi connectivity index (χ0v) is 6.86. The van der Waals surface area contributed by atoms with Gasteiger partial charge in [-0.15, -0.1) is 0 Å². The second-order valence-corrected chi connectivity index (χ2v) is 9.02. The minimum Gasteiger partial charge on any atom is -0.0892 e. The highest BCUT2D eigenvalue weighted by Gasteiger charge is 1.96. The molecule has 0 aromatic rings. The summed E-state index contributed by atoms with van der Waals surface area (Å²) in [5, 5.41) is 0.